The van der Waals surface area contributed by atoms with E-state index in [2.05, 4.69) is 31.8 Å². The first kappa shape index (κ1) is 44.7. The standard InChI is InChI=1S/C44H60N6O6S/c1-6-37(47-43(54)41(29(3)4)48-40(52)24-35-23-36(51)21-22-39(35)56-7-2)38(28-57-27-33-11-9-8-10-12-33)49-50-44(55)46-26-32-17-19-34(20-18-32)42(53)45-25-31-15-13-30(5)14-16-31/h8-16,21-23,29,32,34,37,41,51H,6-7,17-20,24-28H2,1-5H3,(H,45,53)(H,47,54)(H,48,52)(H2,46,50,55)/b49-38+/t32?,34?,37-,41-/m0/s1. The summed E-state index contributed by atoms with van der Waals surface area (Å²) < 4.78 is 5.63. The number of phenols is 1. The number of nitrogens with one attached hydrogen (secondary N) is 5. The largest absolute Gasteiger partial charge is 0.508 e. The van der Waals surface area contributed by atoms with Crippen molar-refractivity contribution in [1.82, 2.24) is 26.7 Å². The highest BCUT2D eigenvalue weighted by Crippen LogP contribution is 2.29. The molecule has 308 valence electrons. The van der Waals surface area contributed by atoms with Gasteiger partial charge in [-0.05, 0) is 87.1 Å². The molecular weight excluding hydrogens is 741 g/mol. The Hall–Kier alpha value is -5.04. The molecule has 2 atom stereocenters. The molecule has 0 spiro atoms. The topological polar surface area (TPSA) is 170 Å². The van der Waals surface area contributed by atoms with Gasteiger partial charge < -0.3 is 31.1 Å². The molecule has 1 aliphatic carbocycles. The number of ether oxygens (including phenoxy) is 1. The van der Waals surface area contributed by atoms with E-state index in [-0.39, 0.29) is 47.6 Å². The third kappa shape index (κ3) is 15.1. The molecule has 3 aromatic carbocycles. The van der Waals surface area contributed by atoms with Gasteiger partial charge in [0.05, 0.1) is 24.8 Å². The predicted molar refractivity (Wildman–Crippen MR) is 227 cm³/mol. The molecule has 0 saturated heterocycles. The van der Waals surface area contributed by atoms with E-state index in [4.69, 9.17) is 4.74 Å². The van der Waals surface area contributed by atoms with E-state index in [0.29, 0.717) is 54.6 Å². The van der Waals surface area contributed by atoms with Crippen molar-refractivity contribution in [3.05, 3.63) is 95.1 Å². The summed E-state index contributed by atoms with van der Waals surface area (Å²) in [6.07, 6.45) is 3.65. The molecule has 6 N–H and O–H groups in total. The first-order chi connectivity index (χ1) is 27.4. The Balaban J connectivity index is 1.33. The van der Waals surface area contributed by atoms with Crippen LogP contribution < -0.4 is 31.4 Å². The number of hydrogen-bond donors (Lipinski definition) is 6. The highest BCUT2D eigenvalue weighted by atomic mass is 32.2. The molecule has 0 bridgehead atoms. The van der Waals surface area contributed by atoms with E-state index in [1.807, 2.05) is 89.2 Å². The Labute approximate surface area is 341 Å². The number of urea groups is 1. The summed E-state index contributed by atoms with van der Waals surface area (Å²) in [6.45, 7) is 10.9. The molecule has 0 aromatic heterocycles. The number of carbonyl (C=O) groups is 4. The molecule has 0 heterocycles. The summed E-state index contributed by atoms with van der Waals surface area (Å²) in [5.74, 6) is 0.991. The number of hydrazone groups is 1. The van der Waals surface area contributed by atoms with Crippen molar-refractivity contribution < 1.29 is 29.0 Å². The van der Waals surface area contributed by atoms with Crippen molar-refractivity contribution >= 4 is 41.2 Å². The van der Waals surface area contributed by atoms with Gasteiger partial charge in [0.15, 0.2) is 0 Å². The average Bonchev–Trinajstić information content (AvgIpc) is 3.20. The van der Waals surface area contributed by atoms with Crippen LogP contribution in [0.15, 0.2) is 77.9 Å². The summed E-state index contributed by atoms with van der Waals surface area (Å²) in [5, 5.41) is 26.5. The molecule has 3 aromatic rings. The van der Waals surface area contributed by atoms with Crippen molar-refractivity contribution in [2.75, 3.05) is 18.9 Å². The number of amides is 5. The maximum absolute atomic E-state index is 13.8. The molecule has 5 amide bonds. The second-order valence-electron chi connectivity index (χ2n) is 15.0. The molecule has 1 saturated carbocycles. The minimum Gasteiger partial charge on any atom is -0.508 e. The summed E-state index contributed by atoms with van der Waals surface area (Å²) >= 11 is 1.62. The second-order valence-corrected chi connectivity index (χ2v) is 16.0. The maximum atomic E-state index is 13.8. The summed E-state index contributed by atoms with van der Waals surface area (Å²) in [6, 6.07) is 21.0. The number of phenolic OH excluding ortho intramolecular Hbond substituents is 1. The van der Waals surface area contributed by atoms with E-state index >= 15 is 0 Å². The number of rotatable bonds is 20. The van der Waals surface area contributed by atoms with Crippen LogP contribution in [0, 0.1) is 24.7 Å². The Kier molecular flexibility index (Phi) is 18.2. The molecule has 0 aliphatic heterocycles. The van der Waals surface area contributed by atoms with Gasteiger partial charge in [0.1, 0.15) is 17.5 Å². The zero-order valence-electron chi connectivity index (χ0n) is 33.9. The quantitative estimate of drug-likeness (QED) is 0.0569. The molecular formula is C44H60N6O6S. The van der Waals surface area contributed by atoms with E-state index in [0.717, 1.165) is 36.8 Å². The van der Waals surface area contributed by atoms with E-state index < -0.39 is 18.1 Å². The van der Waals surface area contributed by atoms with E-state index in [1.54, 1.807) is 17.8 Å². The molecule has 57 heavy (non-hydrogen) atoms. The van der Waals surface area contributed by atoms with E-state index in [1.165, 1.54) is 17.7 Å². The number of hydrogen-bond acceptors (Lipinski definition) is 8. The molecule has 0 radical (unpaired) electrons. The SMILES string of the molecule is CCOc1ccc(O)cc1CC(=O)N[C@H](C(=O)N[C@@H](CC)/C(CSCc1ccccc1)=N/NC(=O)NCC1CCC(C(=O)NCc2ccc(C)cc2)CC1)C(C)C. The monoisotopic (exact) mass is 800 g/mol. The van der Waals surface area contributed by atoms with Gasteiger partial charge in [-0.15, -0.1) is 0 Å². The van der Waals surface area contributed by atoms with Crippen LogP contribution in [0.25, 0.3) is 0 Å². The van der Waals surface area contributed by atoms with Crippen LogP contribution in [0.3, 0.4) is 0 Å². The van der Waals surface area contributed by atoms with Crippen molar-refractivity contribution in [1.29, 1.82) is 0 Å². The lowest BCUT2D eigenvalue weighted by Gasteiger charge is -2.28. The Morgan fingerprint density at radius 1 is 0.895 bits per heavy atom. The zero-order chi connectivity index (χ0) is 41.2. The first-order valence-corrected chi connectivity index (χ1v) is 21.2. The van der Waals surface area contributed by atoms with Gasteiger partial charge in [-0.2, -0.15) is 16.9 Å². The normalized spacial score (nSPS) is 16.6. The molecule has 13 heteroatoms. The second kappa shape index (κ2) is 23.3. The third-order valence-corrected chi connectivity index (χ3v) is 11.1. The van der Waals surface area contributed by atoms with Crippen LogP contribution in [-0.4, -0.2) is 65.6 Å². The fraction of sp³-hybridized carbons (Fsp3) is 0.477. The van der Waals surface area contributed by atoms with Crippen molar-refractivity contribution in [3.8, 4) is 11.5 Å². The number of benzene rings is 3. The van der Waals surface area contributed by atoms with E-state index in [9.17, 15) is 24.3 Å². The number of thioether (sulfide) groups is 1. The number of nitrogens with zero attached hydrogens (tertiary/aromatic N) is 1. The minimum atomic E-state index is -0.844. The number of aryl methyl sites for hydroxylation is 1. The number of aromatic hydroxyl groups is 1. The lowest BCUT2D eigenvalue weighted by atomic mass is 9.81. The first-order valence-electron chi connectivity index (χ1n) is 20.0. The van der Waals surface area contributed by atoms with Crippen molar-refractivity contribution in [2.45, 2.75) is 97.5 Å². The molecule has 1 aliphatic rings. The molecule has 12 nitrogen and oxygen atoms in total. The maximum Gasteiger partial charge on any atom is 0.335 e. The highest BCUT2D eigenvalue weighted by Gasteiger charge is 2.29. The Morgan fingerprint density at radius 2 is 1.61 bits per heavy atom. The van der Waals surface area contributed by atoms with Gasteiger partial charge in [0, 0.05) is 36.1 Å². The molecule has 0 unspecified atom stereocenters. The fourth-order valence-corrected chi connectivity index (χ4v) is 7.75. The summed E-state index contributed by atoms with van der Waals surface area (Å²) in [5.41, 5.74) is 7.17. The molecule has 1 fully saturated rings. The Morgan fingerprint density at radius 3 is 2.28 bits per heavy atom. The Bertz CT molecular complexity index is 1780. The highest BCUT2D eigenvalue weighted by molar-refractivity contribution is 7.99. The van der Waals surface area contributed by atoms with Gasteiger partial charge in [-0.25, -0.2) is 10.2 Å². The van der Waals surface area contributed by atoms with Gasteiger partial charge in [0.25, 0.3) is 0 Å². The zero-order valence-corrected chi connectivity index (χ0v) is 34.8. The van der Waals surface area contributed by atoms with Crippen LogP contribution in [0.1, 0.15) is 82.1 Å². The van der Waals surface area contributed by atoms with Crippen LogP contribution in [0.5, 0.6) is 11.5 Å². The van der Waals surface area contributed by atoms with Gasteiger partial charge in [0.2, 0.25) is 17.7 Å². The summed E-state index contributed by atoms with van der Waals surface area (Å²) in [7, 11) is 0. The van der Waals surface area contributed by atoms with Crippen LogP contribution in [0.2, 0.25) is 0 Å². The lowest BCUT2D eigenvalue weighted by Crippen LogP contribution is -2.54. The van der Waals surface area contributed by atoms with Gasteiger partial charge in [-0.3, -0.25) is 14.4 Å². The number of carbonyl (C=O) groups excluding carboxylic acids is 4. The lowest BCUT2D eigenvalue weighted by molar-refractivity contribution is -0.130. The average molecular weight is 801 g/mol. The predicted octanol–water partition coefficient (Wildman–Crippen LogP) is 6.39. The van der Waals surface area contributed by atoms with Gasteiger partial charge >= 0.3 is 6.03 Å². The minimum absolute atomic E-state index is 0.0165. The fourth-order valence-electron chi connectivity index (χ4n) is 6.74. The van der Waals surface area contributed by atoms with Gasteiger partial charge in [-0.1, -0.05) is 80.9 Å². The van der Waals surface area contributed by atoms with Crippen molar-refractivity contribution in [3.63, 3.8) is 0 Å². The van der Waals surface area contributed by atoms with Crippen LogP contribution in [0.4, 0.5) is 4.79 Å². The van der Waals surface area contributed by atoms with Crippen molar-refractivity contribution in [2.24, 2.45) is 22.9 Å². The smallest absolute Gasteiger partial charge is 0.335 e. The molecule has 4 rings (SSSR count). The summed E-state index contributed by atoms with van der Waals surface area (Å²) in [4.78, 5) is 52.9. The van der Waals surface area contributed by atoms with Crippen LogP contribution in [-0.2, 0) is 33.1 Å². The van der Waals surface area contributed by atoms with Crippen LogP contribution >= 0.6 is 11.8 Å². The third-order valence-electron chi connectivity index (χ3n) is 10.1.